The topological polar surface area (TPSA) is 34.2 Å². The Morgan fingerprint density at radius 2 is 2.06 bits per heavy atom. The van der Waals surface area contributed by atoms with Gasteiger partial charge in [0.15, 0.2) is 5.15 Å². The number of aryl methyl sites for hydroxylation is 1. The number of aromatic nitrogens is 1. The van der Waals surface area contributed by atoms with Crippen LogP contribution in [0.5, 0.6) is 0 Å². The number of ether oxygens (including phenoxy) is 1. The van der Waals surface area contributed by atoms with Gasteiger partial charge in [-0.15, -0.1) is 0 Å². The van der Waals surface area contributed by atoms with Gasteiger partial charge in [-0.3, -0.25) is 0 Å². The molecular formula is C11H14Cl2N2O. The monoisotopic (exact) mass is 260 g/mol. The van der Waals surface area contributed by atoms with Crippen molar-refractivity contribution in [2.45, 2.75) is 25.8 Å². The van der Waals surface area contributed by atoms with Crippen LogP contribution in [0.4, 0.5) is 5.69 Å². The molecule has 16 heavy (non-hydrogen) atoms. The maximum atomic E-state index is 6.06. The zero-order valence-electron chi connectivity index (χ0n) is 9.09. The Morgan fingerprint density at radius 1 is 1.38 bits per heavy atom. The molecule has 0 spiro atoms. The van der Waals surface area contributed by atoms with E-state index in [2.05, 4.69) is 10.3 Å². The normalized spacial score (nSPS) is 17.4. The molecule has 1 aromatic rings. The van der Waals surface area contributed by atoms with E-state index in [1.54, 1.807) is 0 Å². The molecule has 0 amide bonds. The summed E-state index contributed by atoms with van der Waals surface area (Å²) < 4.78 is 5.31. The number of halogens is 2. The van der Waals surface area contributed by atoms with E-state index < -0.39 is 0 Å². The highest BCUT2D eigenvalue weighted by Crippen LogP contribution is 2.28. The van der Waals surface area contributed by atoms with Crippen molar-refractivity contribution in [3.8, 4) is 0 Å². The van der Waals surface area contributed by atoms with Crippen molar-refractivity contribution in [3.63, 3.8) is 0 Å². The minimum absolute atomic E-state index is 0.410. The quantitative estimate of drug-likeness (QED) is 0.829. The number of hydrogen-bond acceptors (Lipinski definition) is 3. The molecular weight excluding hydrogens is 247 g/mol. The Labute approximate surface area is 105 Å². The third kappa shape index (κ3) is 2.78. The third-order valence-corrected chi connectivity index (χ3v) is 3.18. The van der Waals surface area contributed by atoms with Gasteiger partial charge in [0.25, 0.3) is 0 Å². The van der Waals surface area contributed by atoms with Crippen LogP contribution in [-0.4, -0.2) is 24.2 Å². The zero-order valence-corrected chi connectivity index (χ0v) is 10.6. The summed E-state index contributed by atoms with van der Waals surface area (Å²) in [5, 5.41) is 4.28. The van der Waals surface area contributed by atoms with Crippen LogP contribution in [0, 0.1) is 6.92 Å². The van der Waals surface area contributed by atoms with E-state index in [4.69, 9.17) is 27.9 Å². The Hall–Kier alpha value is -0.510. The van der Waals surface area contributed by atoms with E-state index >= 15 is 0 Å². The van der Waals surface area contributed by atoms with Gasteiger partial charge < -0.3 is 10.1 Å². The maximum absolute atomic E-state index is 6.06. The fourth-order valence-electron chi connectivity index (χ4n) is 1.81. The van der Waals surface area contributed by atoms with Gasteiger partial charge in [0.2, 0.25) is 0 Å². The highest BCUT2D eigenvalue weighted by Gasteiger charge is 2.16. The lowest BCUT2D eigenvalue weighted by Crippen LogP contribution is -2.28. The molecule has 1 aliphatic rings. The molecule has 0 unspecified atom stereocenters. The van der Waals surface area contributed by atoms with Crippen LogP contribution >= 0.6 is 23.2 Å². The second kappa shape index (κ2) is 5.21. The number of hydrogen-bond donors (Lipinski definition) is 1. The fourth-order valence-corrected chi connectivity index (χ4v) is 2.40. The van der Waals surface area contributed by atoms with Gasteiger partial charge in [0, 0.05) is 19.3 Å². The SMILES string of the molecule is Cc1cc(Cl)nc(Cl)c1NC1CCOCC1. The molecule has 2 heterocycles. The summed E-state index contributed by atoms with van der Waals surface area (Å²) in [6.07, 6.45) is 2.00. The van der Waals surface area contributed by atoms with Crippen LogP contribution in [0.2, 0.25) is 10.3 Å². The van der Waals surface area contributed by atoms with Gasteiger partial charge >= 0.3 is 0 Å². The van der Waals surface area contributed by atoms with Gasteiger partial charge in [0.1, 0.15) is 5.15 Å². The van der Waals surface area contributed by atoms with E-state index in [1.165, 1.54) is 0 Å². The molecule has 0 bridgehead atoms. The molecule has 0 saturated carbocycles. The van der Waals surface area contributed by atoms with Crippen molar-refractivity contribution in [2.24, 2.45) is 0 Å². The summed E-state index contributed by atoms with van der Waals surface area (Å²) >= 11 is 11.9. The highest BCUT2D eigenvalue weighted by molar-refractivity contribution is 6.34. The van der Waals surface area contributed by atoms with Crippen LogP contribution in [-0.2, 0) is 4.74 Å². The summed E-state index contributed by atoms with van der Waals surface area (Å²) in [7, 11) is 0. The minimum atomic E-state index is 0.410. The lowest BCUT2D eigenvalue weighted by molar-refractivity contribution is 0.0904. The number of nitrogens with one attached hydrogen (secondary N) is 1. The number of rotatable bonds is 2. The average molecular weight is 261 g/mol. The maximum Gasteiger partial charge on any atom is 0.154 e. The van der Waals surface area contributed by atoms with Gasteiger partial charge in [0.05, 0.1) is 5.69 Å². The molecule has 0 atom stereocenters. The van der Waals surface area contributed by atoms with E-state index in [0.29, 0.717) is 16.3 Å². The molecule has 88 valence electrons. The summed E-state index contributed by atoms with van der Waals surface area (Å²) in [5.41, 5.74) is 1.91. The van der Waals surface area contributed by atoms with Crippen molar-refractivity contribution in [1.82, 2.24) is 4.98 Å². The molecule has 1 fully saturated rings. The van der Waals surface area contributed by atoms with Crippen molar-refractivity contribution in [1.29, 1.82) is 0 Å². The molecule has 1 aliphatic heterocycles. The molecule has 1 N–H and O–H groups in total. The van der Waals surface area contributed by atoms with Crippen LogP contribution in [0.15, 0.2) is 6.07 Å². The first-order valence-corrected chi connectivity index (χ1v) is 6.09. The second-order valence-corrected chi connectivity index (χ2v) is 4.70. The molecule has 0 radical (unpaired) electrons. The van der Waals surface area contributed by atoms with Crippen molar-refractivity contribution < 1.29 is 4.74 Å². The third-order valence-electron chi connectivity index (χ3n) is 2.71. The Balaban J connectivity index is 2.14. The number of nitrogens with zero attached hydrogens (tertiary/aromatic N) is 1. The predicted molar refractivity (Wildman–Crippen MR) is 66.5 cm³/mol. The molecule has 2 rings (SSSR count). The smallest absolute Gasteiger partial charge is 0.154 e. The molecule has 5 heteroatoms. The van der Waals surface area contributed by atoms with Gasteiger partial charge in [-0.05, 0) is 31.4 Å². The first-order chi connectivity index (χ1) is 7.66. The van der Waals surface area contributed by atoms with Crippen molar-refractivity contribution >= 4 is 28.9 Å². The average Bonchev–Trinajstić information content (AvgIpc) is 2.25. The summed E-state index contributed by atoms with van der Waals surface area (Å²) in [4.78, 5) is 4.04. The van der Waals surface area contributed by atoms with Crippen LogP contribution in [0.1, 0.15) is 18.4 Å². The van der Waals surface area contributed by atoms with Crippen LogP contribution < -0.4 is 5.32 Å². The lowest BCUT2D eigenvalue weighted by atomic mass is 10.1. The Bertz CT molecular complexity index is 355. The zero-order chi connectivity index (χ0) is 11.5. The first-order valence-electron chi connectivity index (χ1n) is 5.34. The molecule has 0 aromatic carbocycles. The van der Waals surface area contributed by atoms with Gasteiger partial charge in [-0.1, -0.05) is 23.2 Å². The standard InChI is InChI=1S/C11H14Cl2N2O/c1-7-6-9(12)15-11(13)10(7)14-8-2-4-16-5-3-8/h6,8,14H,2-5H2,1H3. The van der Waals surface area contributed by atoms with Crippen LogP contribution in [0.25, 0.3) is 0 Å². The highest BCUT2D eigenvalue weighted by atomic mass is 35.5. The molecule has 1 saturated heterocycles. The molecule has 0 aliphatic carbocycles. The fraction of sp³-hybridized carbons (Fsp3) is 0.545. The Kier molecular flexibility index (Phi) is 3.90. The minimum Gasteiger partial charge on any atom is -0.381 e. The van der Waals surface area contributed by atoms with Gasteiger partial charge in [-0.2, -0.15) is 0 Å². The van der Waals surface area contributed by atoms with E-state index in [1.807, 2.05) is 13.0 Å². The second-order valence-electron chi connectivity index (χ2n) is 3.96. The molecule has 1 aromatic heterocycles. The van der Waals surface area contributed by atoms with E-state index in [-0.39, 0.29) is 0 Å². The first kappa shape index (κ1) is 12.0. The summed E-state index contributed by atoms with van der Waals surface area (Å²) in [5.74, 6) is 0. The lowest BCUT2D eigenvalue weighted by Gasteiger charge is -2.25. The predicted octanol–water partition coefficient (Wildman–Crippen LogP) is 3.29. The van der Waals surface area contributed by atoms with E-state index in [9.17, 15) is 0 Å². The largest absolute Gasteiger partial charge is 0.381 e. The summed E-state index contributed by atoms with van der Waals surface area (Å²) in [6.45, 7) is 3.58. The van der Waals surface area contributed by atoms with Crippen LogP contribution in [0.3, 0.4) is 0 Å². The van der Waals surface area contributed by atoms with Gasteiger partial charge in [-0.25, -0.2) is 4.98 Å². The van der Waals surface area contributed by atoms with Crippen molar-refractivity contribution in [2.75, 3.05) is 18.5 Å². The Morgan fingerprint density at radius 3 is 2.69 bits per heavy atom. The van der Waals surface area contributed by atoms with Crippen molar-refractivity contribution in [3.05, 3.63) is 21.9 Å². The van der Waals surface area contributed by atoms with E-state index in [0.717, 1.165) is 37.3 Å². The molecule has 3 nitrogen and oxygen atoms in total. The summed E-state index contributed by atoms with van der Waals surface area (Å²) in [6, 6.07) is 2.22. The number of anilines is 1. The number of pyridine rings is 1.